The molecule has 0 fully saturated rings. The molecule has 0 bridgehead atoms. The maximum absolute atomic E-state index is 5.65. The Morgan fingerprint density at radius 1 is 0.222 bits per heavy atom. The summed E-state index contributed by atoms with van der Waals surface area (Å²) in [7, 11) is 1.65. The lowest BCUT2D eigenvalue weighted by atomic mass is 10.1. The van der Waals surface area contributed by atoms with Crippen LogP contribution in [0.5, 0.6) is 0 Å². The van der Waals surface area contributed by atoms with Crippen molar-refractivity contribution < 1.29 is 52.1 Å². The van der Waals surface area contributed by atoms with E-state index in [9.17, 15) is 0 Å². The molecule has 0 aliphatic carbocycles. The van der Waals surface area contributed by atoms with Crippen LogP contribution in [0.4, 0.5) is 0 Å². The predicted octanol–water partition coefficient (Wildman–Crippen LogP) is 5.11. The molecule has 0 unspecified atom stereocenters. The van der Waals surface area contributed by atoms with Crippen molar-refractivity contribution in [3.8, 4) is 0 Å². The zero-order valence-electron chi connectivity index (χ0n) is 29.1. The zero-order chi connectivity index (χ0) is 32.4. The average molecular weight is 655 g/mol. The van der Waals surface area contributed by atoms with E-state index >= 15 is 0 Å². The van der Waals surface area contributed by atoms with Crippen molar-refractivity contribution >= 4 is 0 Å². The molecule has 0 aromatic heterocycles. The van der Waals surface area contributed by atoms with Crippen LogP contribution in [0.2, 0.25) is 0 Å². The van der Waals surface area contributed by atoms with Crippen LogP contribution in [0.25, 0.3) is 0 Å². The second-order valence-electron chi connectivity index (χ2n) is 10.7. The number of hydrogen-bond donors (Lipinski definition) is 0. The second-order valence-corrected chi connectivity index (χ2v) is 10.7. The van der Waals surface area contributed by atoms with Crippen molar-refractivity contribution in [3.63, 3.8) is 0 Å². The molecule has 0 saturated heterocycles. The lowest BCUT2D eigenvalue weighted by molar-refractivity contribution is -0.0271. The van der Waals surface area contributed by atoms with E-state index in [1.807, 2.05) is 0 Å². The summed E-state index contributed by atoms with van der Waals surface area (Å²) in [5.41, 5.74) is 0. The fourth-order valence-corrected chi connectivity index (χ4v) is 4.09. The molecule has 0 atom stereocenters. The topological polar surface area (TPSA) is 102 Å². The molecule has 11 heteroatoms. The van der Waals surface area contributed by atoms with Crippen molar-refractivity contribution in [1.82, 2.24) is 0 Å². The molecule has 0 saturated carbocycles. The molecular formula is C34H70O11. The lowest BCUT2D eigenvalue weighted by Crippen LogP contribution is -2.15. The highest BCUT2D eigenvalue weighted by Gasteiger charge is 1.97. The van der Waals surface area contributed by atoms with Gasteiger partial charge in [-0.2, -0.15) is 0 Å². The Morgan fingerprint density at radius 2 is 0.422 bits per heavy atom. The quantitative estimate of drug-likeness (QED) is 0.0821. The van der Waals surface area contributed by atoms with Crippen molar-refractivity contribution in [2.45, 2.75) is 77.6 Å². The van der Waals surface area contributed by atoms with E-state index in [1.54, 1.807) is 7.11 Å². The molecule has 0 rings (SSSR count). The first-order valence-corrected chi connectivity index (χ1v) is 17.7. The van der Waals surface area contributed by atoms with Crippen LogP contribution in [-0.4, -0.2) is 146 Å². The third kappa shape index (κ3) is 43.6. The monoisotopic (exact) mass is 654 g/mol. The number of rotatable bonds is 42. The highest BCUT2D eigenvalue weighted by molar-refractivity contribution is 4.48. The minimum absolute atomic E-state index is 0.527. The number of hydrogen-bond acceptors (Lipinski definition) is 11. The van der Waals surface area contributed by atoms with Gasteiger partial charge in [0.1, 0.15) is 0 Å². The molecule has 11 nitrogen and oxygen atoms in total. The highest BCUT2D eigenvalue weighted by atomic mass is 16.6. The Balaban J connectivity index is 3.03. The third-order valence-corrected chi connectivity index (χ3v) is 6.67. The minimum atomic E-state index is 0.527. The van der Waals surface area contributed by atoms with Crippen molar-refractivity contribution in [2.75, 3.05) is 146 Å². The SMILES string of the molecule is CCCCCCCCCCCCCOCCOCCOCCOCCOCCOCCOCCOCCOCCOCCOC. The van der Waals surface area contributed by atoms with E-state index in [0.29, 0.717) is 132 Å². The van der Waals surface area contributed by atoms with Gasteiger partial charge in [0.2, 0.25) is 0 Å². The fourth-order valence-electron chi connectivity index (χ4n) is 4.09. The van der Waals surface area contributed by atoms with Gasteiger partial charge in [-0.1, -0.05) is 71.1 Å². The van der Waals surface area contributed by atoms with Crippen molar-refractivity contribution in [2.24, 2.45) is 0 Å². The minimum Gasteiger partial charge on any atom is -0.382 e. The van der Waals surface area contributed by atoms with Gasteiger partial charge >= 0.3 is 0 Å². The molecule has 45 heavy (non-hydrogen) atoms. The maximum Gasteiger partial charge on any atom is 0.0701 e. The van der Waals surface area contributed by atoms with Gasteiger partial charge in [0.25, 0.3) is 0 Å². The second kappa shape index (κ2) is 43.6. The van der Waals surface area contributed by atoms with Crippen LogP contribution in [0, 0.1) is 0 Å². The van der Waals surface area contributed by atoms with Crippen LogP contribution >= 0.6 is 0 Å². The van der Waals surface area contributed by atoms with Gasteiger partial charge in [-0.05, 0) is 6.42 Å². The predicted molar refractivity (Wildman–Crippen MR) is 177 cm³/mol. The van der Waals surface area contributed by atoms with Crippen LogP contribution in [-0.2, 0) is 52.1 Å². The number of ether oxygens (including phenoxy) is 11. The first kappa shape index (κ1) is 44.6. The van der Waals surface area contributed by atoms with E-state index in [2.05, 4.69) is 6.92 Å². The Kier molecular flexibility index (Phi) is 43.1. The smallest absolute Gasteiger partial charge is 0.0701 e. The van der Waals surface area contributed by atoms with Crippen LogP contribution in [0.15, 0.2) is 0 Å². The molecule has 0 N–H and O–H groups in total. The molecule has 0 heterocycles. The first-order valence-electron chi connectivity index (χ1n) is 17.7. The molecule has 0 amide bonds. The summed E-state index contributed by atoms with van der Waals surface area (Å²) < 4.78 is 59.7. The van der Waals surface area contributed by atoms with Gasteiger partial charge in [0, 0.05) is 13.7 Å². The van der Waals surface area contributed by atoms with E-state index in [-0.39, 0.29) is 0 Å². The van der Waals surface area contributed by atoms with Crippen molar-refractivity contribution in [3.05, 3.63) is 0 Å². The van der Waals surface area contributed by atoms with Gasteiger partial charge in [-0.3, -0.25) is 0 Å². The summed E-state index contributed by atoms with van der Waals surface area (Å²) in [6.45, 7) is 14.2. The van der Waals surface area contributed by atoms with E-state index in [0.717, 1.165) is 13.0 Å². The first-order chi connectivity index (χ1) is 22.4. The van der Waals surface area contributed by atoms with E-state index < -0.39 is 0 Å². The molecule has 0 radical (unpaired) electrons. The average Bonchev–Trinajstić information content (AvgIpc) is 3.05. The van der Waals surface area contributed by atoms with Gasteiger partial charge in [0.05, 0.1) is 132 Å². The van der Waals surface area contributed by atoms with Gasteiger partial charge < -0.3 is 52.1 Å². The fraction of sp³-hybridized carbons (Fsp3) is 1.00. The Bertz CT molecular complexity index is 461. The molecular weight excluding hydrogens is 584 g/mol. The highest BCUT2D eigenvalue weighted by Crippen LogP contribution is 2.11. The molecule has 272 valence electrons. The summed E-state index contributed by atoms with van der Waals surface area (Å²) in [6.07, 6.45) is 14.9. The molecule has 0 spiro atoms. The number of methoxy groups -OCH3 is 1. The van der Waals surface area contributed by atoms with E-state index in [4.69, 9.17) is 52.1 Å². The standard InChI is InChI=1S/C34H70O11/c1-3-4-5-6-7-8-9-10-11-12-13-14-36-17-18-38-21-22-40-25-26-42-29-30-44-33-34-45-32-31-43-28-27-41-24-23-39-20-19-37-16-15-35-2/h3-34H2,1-2H3. The summed E-state index contributed by atoms with van der Waals surface area (Å²) in [6, 6.07) is 0. The summed E-state index contributed by atoms with van der Waals surface area (Å²) in [4.78, 5) is 0. The summed E-state index contributed by atoms with van der Waals surface area (Å²) >= 11 is 0. The van der Waals surface area contributed by atoms with Crippen LogP contribution in [0.3, 0.4) is 0 Å². The Morgan fingerprint density at radius 3 is 0.667 bits per heavy atom. The van der Waals surface area contributed by atoms with Crippen molar-refractivity contribution in [1.29, 1.82) is 0 Å². The molecule has 0 aromatic rings. The largest absolute Gasteiger partial charge is 0.382 e. The molecule has 0 aliphatic rings. The normalized spacial score (nSPS) is 11.6. The molecule has 0 aliphatic heterocycles. The van der Waals surface area contributed by atoms with Gasteiger partial charge in [-0.15, -0.1) is 0 Å². The zero-order valence-corrected chi connectivity index (χ0v) is 29.1. The summed E-state index contributed by atoms with van der Waals surface area (Å²) in [5.74, 6) is 0. The molecule has 0 aromatic carbocycles. The van der Waals surface area contributed by atoms with Crippen LogP contribution in [0.1, 0.15) is 77.6 Å². The number of unbranched alkanes of at least 4 members (excludes halogenated alkanes) is 10. The van der Waals surface area contributed by atoms with Crippen LogP contribution < -0.4 is 0 Å². The van der Waals surface area contributed by atoms with E-state index in [1.165, 1.54) is 64.2 Å². The van der Waals surface area contributed by atoms with Gasteiger partial charge in [0.15, 0.2) is 0 Å². The Hall–Kier alpha value is -0.440. The Labute approximate surface area is 275 Å². The summed E-state index contributed by atoms with van der Waals surface area (Å²) in [5, 5.41) is 0. The maximum atomic E-state index is 5.65. The lowest BCUT2D eigenvalue weighted by Gasteiger charge is -2.09. The van der Waals surface area contributed by atoms with Gasteiger partial charge in [-0.25, -0.2) is 0 Å². The third-order valence-electron chi connectivity index (χ3n) is 6.67.